The summed E-state index contributed by atoms with van der Waals surface area (Å²) in [6.07, 6.45) is -4.65. The lowest BCUT2D eigenvalue weighted by molar-refractivity contribution is -0.141. The van der Waals surface area contributed by atoms with Crippen LogP contribution in [0, 0.1) is 11.7 Å². The van der Waals surface area contributed by atoms with E-state index in [1.807, 2.05) is 0 Å². The molecular formula is C12H11F4NO2. The molecule has 104 valence electrons. The number of hydrogen-bond acceptors (Lipinski definition) is 2. The van der Waals surface area contributed by atoms with E-state index in [4.69, 9.17) is 5.11 Å². The Morgan fingerprint density at radius 3 is 2.53 bits per heavy atom. The SMILES string of the molecule is O=C(O)C1CNCC1c1cc(F)cc(C(F)(F)F)c1. The maximum absolute atomic E-state index is 13.3. The summed E-state index contributed by atoms with van der Waals surface area (Å²) in [5.41, 5.74) is -1.04. The summed E-state index contributed by atoms with van der Waals surface area (Å²) in [6.45, 7) is 0.385. The van der Waals surface area contributed by atoms with Gasteiger partial charge in [-0.1, -0.05) is 0 Å². The van der Waals surface area contributed by atoms with E-state index >= 15 is 0 Å². The molecule has 7 heteroatoms. The van der Waals surface area contributed by atoms with Crippen LogP contribution in [0.5, 0.6) is 0 Å². The lowest BCUT2D eigenvalue weighted by Crippen LogP contribution is -2.21. The van der Waals surface area contributed by atoms with E-state index in [2.05, 4.69) is 5.32 Å². The van der Waals surface area contributed by atoms with Gasteiger partial charge in [-0.2, -0.15) is 13.2 Å². The van der Waals surface area contributed by atoms with Crippen molar-refractivity contribution in [1.82, 2.24) is 5.32 Å². The average Bonchev–Trinajstić information content (AvgIpc) is 2.75. The molecule has 0 aliphatic carbocycles. The second-order valence-electron chi connectivity index (χ2n) is 4.48. The van der Waals surface area contributed by atoms with Crippen LogP contribution in [0.25, 0.3) is 0 Å². The van der Waals surface area contributed by atoms with Gasteiger partial charge in [-0.25, -0.2) is 4.39 Å². The molecule has 1 aliphatic heterocycles. The predicted molar refractivity (Wildman–Crippen MR) is 58.1 cm³/mol. The Labute approximate surface area is 106 Å². The summed E-state index contributed by atoms with van der Waals surface area (Å²) < 4.78 is 51.0. The Bertz CT molecular complexity index is 501. The van der Waals surface area contributed by atoms with E-state index in [-0.39, 0.29) is 18.7 Å². The van der Waals surface area contributed by atoms with Crippen LogP contribution in [0.3, 0.4) is 0 Å². The van der Waals surface area contributed by atoms with Crippen molar-refractivity contribution in [3.63, 3.8) is 0 Å². The standard InChI is InChI=1S/C12H11F4NO2/c13-8-2-6(1-7(3-8)12(14,15)16)9-4-17-5-10(9)11(18)19/h1-3,9-10,17H,4-5H2,(H,18,19). The smallest absolute Gasteiger partial charge is 0.416 e. The summed E-state index contributed by atoms with van der Waals surface area (Å²) in [4.78, 5) is 11.0. The molecule has 0 aromatic heterocycles. The van der Waals surface area contributed by atoms with Crippen molar-refractivity contribution >= 4 is 5.97 Å². The Hall–Kier alpha value is -1.63. The molecule has 0 spiro atoms. The van der Waals surface area contributed by atoms with Gasteiger partial charge in [-0.15, -0.1) is 0 Å². The molecule has 2 N–H and O–H groups in total. The molecule has 2 atom stereocenters. The van der Waals surface area contributed by atoms with Crippen molar-refractivity contribution in [2.24, 2.45) is 5.92 Å². The number of carbonyl (C=O) groups is 1. The van der Waals surface area contributed by atoms with Crippen LogP contribution in [-0.2, 0) is 11.0 Å². The van der Waals surface area contributed by atoms with E-state index in [1.54, 1.807) is 0 Å². The summed E-state index contributed by atoms with van der Waals surface area (Å²) in [7, 11) is 0. The van der Waals surface area contributed by atoms with Crippen LogP contribution in [0.15, 0.2) is 18.2 Å². The van der Waals surface area contributed by atoms with E-state index < -0.39 is 35.4 Å². The van der Waals surface area contributed by atoms with Crippen molar-refractivity contribution < 1.29 is 27.5 Å². The topological polar surface area (TPSA) is 49.3 Å². The normalized spacial score (nSPS) is 23.6. The number of benzene rings is 1. The van der Waals surface area contributed by atoms with Gasteiger partial charge in [0, 0.05) is 19.0 Å². The van der Waals surface area contributed by atoms with Gasteiger partial charge in [0.1, 0.15) is 5.82 Å². The van der Waals surface area contributed by atoms with Gasteiger partial charge >= 0.3 is 12.1 Å². The first-order chi connectivity index (χ1) is 8.79. The average molecular weight is 277 g/mol. The van der Waals surface area contributed by atoms with Gasteiger partial charge in [0.25, 0.3) is 0 Å². The largest absolute Gasteiger partial charge is 0.481 e. The van der Waals surface area contributed by atoms with Gasteiger partial charge in [-0.05, 0) is 23.8 Å². The summed E-state index contributed by atoms with van der Waals surface area (Å²) in [5.74, 6) is -3.62. The molecule has 2 rings (SSSR count). The second kappa shape index (κ2) is 4.80. The molecule has 1 fully saturated rings. The molecule has 3 nitrogen and oxygen atoms in total. The van der Waals surface area contributed by atoms with Crippen LogP contribution in [0.4, 0.5) is 17.6 Å². The molecule has 19 heavy (non-hydrogen) atoms. The molecule has 0 saturated carbocycles. The molecule has 1 heterocycles. The van der Waals surface area contributed by atoms with Gasteiger partial charge in [0.15, 0.2) is 0 Å². The van der Waals surface area contributed by atoms with Crippen molar-refractivity contribution in [1.29, 1.82) is 0 Å². The van der Waals surface area contributed by atoms with Crippen LogP contribution in [0.1, 0.15) is 17.0 Å². The third kappa shape index (κ3) is 2.86. The number of alkyl halides is 3. The van der Waals surface area contributed by atoms with Crippen molar-refractivity contribution in [3.8, 4) is 0 Å². The summed E-state index contributed by atoms with van der Waals surface area (Å²) >= 11 is 0. The van der Waals surface area contributed by atoms with E-state index in [1.165, 1.54) is 0 Å². The summed E-state index contributed by atoms with van der Waals surface area (Å²) in [6, 6.07) is 2.18. The van der Waals surface area contributed by atoms with Gasteiger partial charge < -0.3 is 10.4 Å². The highest BCUT2D eigenvalue weighted by Crippen LogP contribution is 2.35. The Kier molecular flexibility index (Phi) is 3.49. The molecule has 0 radical (unpaired) electrons. The number of nitrogens with one attached hydrogen (secondary N) is 1. The van der Waals surface area contributed by atoms with Gasteiger partial charge in [0.2, 0.25) is 0 Å². The minimum atomic E-state index is -4.65. The highest BCUT2D eigenvalue weighted by molar-refractivity contribution is 5.72. The number of halogens is 4. The summed E-state index contributed by atoms with van der Waals surface area (Å²) in [5, 5.41) is 11.8. The fourth-order valence-electron chi connectivity index (χ4n) is 2.28. The molecular weight excluding hydrogens is 266 g/mol. The van der Waals surface area contributed by atoms with E-state index in [0.29, 0.717) is 6.07 Å². The van der Waals surface area contributed by atoms with Crippen molar-refractivity contribution in [2.45, 2.75) is 12.1 Å². The second-order valence-corrected chi connectivity index (χ2v) is 4.48. The Balaban J connectivity index is 2.40. The lowest BCUT2D eigenvalue weighted by atomic mass is 9.88. The Morgan fingerprint density at radius 2 is 1.95 bits per heavy atom. The third-order valence-corrected chi connectivity index (χ3v) is 3.21. The zero-order chi connectivity index (χ0) is 14.2. The van der Waals surface area contributed by atoms with Crippen LogP contribution < -0.4 is 5.32 Å². The molecule has 2 unspecified atom stereocenters. The molecule has 1 aliphatic rings. The zero-order valence-electron chi connectivity index (χ0n) is 9.67. The van der Waals surface area contributed by atoms with Gasteiger partial charge in [-0.3, -0.25) is 4.79 Å². The predicted octanol–water partition coefficient (Wildman–Crippen LogP) is 2.23. The molecule has 0 bridgehead atoms. The first-order valence-electron chi connectivity index (χ1n) is 5.60. The van der Waals surface area contributed by atoms with Crippen molar-refractivity contribution in [2.75, 3.05) is 13.1 Å². The first kappa shape index (κ1) is 13.8. The van der Waals surface area contributed by atoms with Gasteiger partial charge in [0.05, 0.1) is 11.5 Å². The third-order valence-electron chi connectivity index (χ3n) is 3.21. The lowest BCUT2D eigenvalue weighted by Gasteiger charge is -2.17. The molecule has 1 aromatic rings. The number of carboxylic acids is 1. The van der Waals surface area contributed by atoms with Crippen molar-refractivity contribution in [3.05, 3.63) is 35.1 Å². The minimum absolute atomic E-state index is 0.0599. The molecule has 1 saturated heterocycles. The number of carboxylic acid groups (broad SMARTS) is 1. The first-order valence-corrected chi connectivity index (χ1v) is 5.60. The number of rotatable bonds is 2. The maximum atomic E-state index is 13.3. The highest BCUT2D eigenvalue weighted by Gasteiger charge is 2.37. The number of hydrogen-bond donors (Lipinski definition) is 2. The molecule has 1 aromatic carbocycles. The highest BCUT2D eigenvalue weighted by atomic mass is 19.4. The Morgan fingerprint density at radius 1 is 1.26 bits per heavy atom. The van der Waals surface area contributed by atoms with Crippen LogP contribution in [0.2, 0.25) is 0 Å². The minimum Gasteiger partial charge on any atom is -0.481 e. The van der Waals surface area contributed by atoms with Crippen LogP contribution >= 0.6 is 0 Å². The number of aliphatic carboxylic acids is 1. The van der Waals surface area contributed by atoms with E-state index in [9.17, 15) is 22.4 Å². The van der Waals surface area contributed by atoms with E-state index in [0.717, 1.165) is 12.1 Å². The fraction of sp³-hybridized carbons (Fsp3) is 0.417. The quantitative estimate of drug-likeness (QED) is 0.815. The fourth-order valence-corrected chi connectivity index (χ4v) is 2.28. The molecule has 0 amide bonds. The maximum Gasteiger partial charge on any atom is 0.416 e. The monoisotopic (exact) mass is 277 g/mol. The van der Waals surface area contributed by atoms with Crippen LogP contribution in [-0.4, -0.2) is 24.2 Å². The zero-order valence-corrected chi connectivity index (χ0v) is 9.67.